The smallest absolute Gasteiger partial charge is 0.337 e. The lowest BCUT2D eigenvalue weighted by atomic mass is 9.80. The predicted molar refractivity (Wildman–Crippen MR) is 137 cm³/mol. The molecule has 188 valence electrons. The maximum absolute atomic E-state index is 13.6. The average molecular weight is 491 g/mol. The molecule has 0 saturated heterocycles. The standard InChI is InChI=1S/C28H30N2O6/c1-5-10-23(16-15-20-11-7-6-8-12-20)36-28(32)25-19(3)29-18(2)24(27(31)35-4)26(25)21-13-9-14-22(17-21)30(33)34/h6-9,11-17,23,26,29H,5,10H2,1-4H3/b16-15+. The van der Waals surface area contributed by atoms with E-state index in [0.717, 1.165) is 12.0 Å². The van der Waals surface area contributed by atoms with Gasteiger partial charge >= 0.3 is 11.9 Å². The number of hydrogen-bond acceptors (Lipinski definition) is 7. The van der Waals surface area contributed by atoms with E-state index in [1.807, 2.05) is 49.4 Å². The number of nitrogens with zero attached hydrogens (tertiary/aromatic N) is 1. The van der Waals surface area contributed by atoms with E-state index in [0.29, 0.717) is 23.4 Å². The van der Waals surface area contributed by atoms with Crippen LogP contribution in [0.2, 0.25) is 0 Å². The monoisotopic (exact) mass is 490 g/mol. The summed E-state index contributed by atoms with van der Waals surface area (Å²) in [6.45, 7) is 5.41. The summed E-state index contributed by atoms with van der Waals surface area (Å²) in [4.78, 5) is 37.3. The van der Waals surface area contributed by atoms with E-state index in [-0.39, 0.29) is 16.8 Å². The fourth-order valence-corrected chi connectivity index (χ4v) is 4.26. The first-order valence-electron chi connectivity index (χ1n) is 11.7. The molecule has 1 heterocycles. The van der Waals surface area contributed by atoms with Crippen molar-refractivity contribution in [3.63, 3.8) is 0 Å². The van der Waals surface area contributed by atoms with Crippen LogP contribution in [0.1, 0.15) is 50.7 Å². The molecule has 0 fully saturated rings. The molecule has 36 heavy (non-hydrogen) atoms. The Labute approximate surface area is 210 Å². The van der Waals surface area contributed by atoms with Gasteiger partial charge in [0.15, 0.2) is 0 Å². The molecule has 2 atom stereocenters. The second-order valence-electron chi connectivity index (χ2n) is 8.48. The molecule has 0 amide bonds. The Kier molecular flexibility index (Phi) is 8.78. The topological polar surface area (TPSA) is 108 Å². The molecule has 2 aromatic rings. The van der Waals surface area contributed by atoms with Crippen molar-refractivity contribution >= 4 is 23.7 Å². The number of esters is 2. The highest BCUT2D eigenvalue weighted by atomic mass is 16.6. The molecule has 0 aromatic heterocycles. The van der Waals surface area contributed by atoms with Crippen LogP contribution in [0.5, 0.6) is 0 Å². The molecule has 1 aliphatic rings. The summed E-state index contributed by atoms with van der Waals surface area (Å²) in [5.41, 5.74) is 2.66. The maximum atomic E-state index is 13.6. The minimum absolute atomic E-state index is 0.145. The molecule has 8 heteroatoms. The van der Waals surface area contributed by atoms with Gasteiger partial charge in [0.25, 0.3) is 5.69 Å². The van der Waals surface area contributed by atoms with Crippen molar-refractivity contribution in [1.82, 2.24) is 5.32 Å². The quantitative estimate of drug-likeness (QED) is 0.284. The van der Waals surface area contributed by atoms with Gasteiger partial charge in [0, 0.05) is 23.5 Å². The molecule has 0 saturated carbocycles. The molecule has 0 radical (unpaired) electrons. The molecular formula is C28H30N2O6. The summed E-state index contributed by atoms with van der Waals surface area (Å²) in [6, 6.07) is 15.6. The van der Waals surface area contributed by atoms with Crippen LogP contribution in [0.3, 0.4) is 0 Å². The second-order valence-corrected chi connectivity index (χ2v) is 8.48. The number of nitro benzene ring substituents is 1. The summed E-state index contributed by atoms with van der Waals surface area (Å²) in [6.07, 6.45) is 4.63. The molecule has 8 nitrogen and oxygen atoms in total. The fraction of sp³-hybridized carbons (Fsp3) is 0.286. The summed E-state index contributed by atoms with van der Waals surface area (Å²) in [5.74, 6) is -2.14. The summed E-state index contributed by atoms with van der Waals surface area (Å²) in [7, 11) is 1.25. The lowest BCUT2D eigenvalue weighted by Crippen LogP contribution is -2.33. The maximum Gasteiger partial charge on any atom is 0.337 e. The van der Waals surface area contributed by atoms with Crippen molar-refractivity contribution in [1.29, 1.82) is 0 Å². The highest BCUT2D eigenvalue weighted by Gasteiger charge is 2.38. The zero-order valence-corrected chi connectivity index (χ0v) is 20.8. The first-order chi connectivity index (χ1) is 17.3. The third kappa shape index (κ3) is 6.07. The lowest BCUT2D eigenvalue weighted by molar-refractivity contribution is -0.384. The summed E-state index contributed by atoms with van der Waals surface area (Å²) < 4.78 is 10.9. The number of carbonyl (C=O) groups is 2. The number of carbonyl (C=O) groups excluding carboxylic acids is 2. The third-order valence-corrected chi connectivity index (χ3v) is 5.93. The Balaban J connectivity index is 2.02. The van der Waals surface area contributed by atoms with E-state index in [4.69, 9.17) is 9.47 Å². The fourth-order valence-electron chi connectivity index (χ4n) is 4.26. The molecule has 1 aliphatic heterocycles. The van der Waals surface area contributed by atoms with Crippen molar-refractivity contribution in [2.75, 3.05) is 7.11 Å². The lowest BCUT2D eigenvalue weighted by Gasteiger charge is -2.30. The van der Waals surface area contributed by atoms with Crippen molar-refractivity contribution in [3.8, 4) is 0 Å². The number of ether oxygens (including phenoxy) is 2. The zero-order chi connectivity index (χ0) is 26.2. The van der Waals surface area contributed by atoms with Crippen LogP contribution in [0.4, 0.5) is 5.69 Å². The van der Waals surface area contributed by atoms with E-state index in [1.54, 1.807) is 19.9 Å². The minimum Gasteiger partial charge on any atom is -0.466 e. The number of methoxy groups -OCH3 is 1. The van der Waals surface area contributed by atoms with Crippen LogP contribution in [0.15, 0.2) is 83.2 Å². The average Bonchev–Trinajstić information content (AvgIpc) is 2.87. The van der Waals surface area contributed by atoms with Gasteiger partial charge in [-0.1, -0.05) is 61.9 Å². The summed E-state index contributed by atoms with van der Waals surface area (Å²) >= 11 is 0. The zero-order valence-electron chi connectivity index (χ0n) is 20.8. The number of nitrogens with one attached hydrogen (secondary N) is 1. The van der Waals surface area contributed by atoms with Gasteiger partial charge in [0.1, 0.15) is 6.10 Å². The van der Waals surface area contributed by atoms with E-state index in [1.165, 1.54) is 25.3 Å². The third-order valence-electron chi connectivity index (χ3n) is 5.93. The van der Waals surface area contributed by atoms with Gasteiger partial charge < -0.3 is 14.8 Å². The van der Waals surface area contributed by atoms with Gasteiger partial charge in [-0.15, -0.1) is 0 Å². The van der Waals surface area contributed by atoms with E-state index < -0.39 is 28.9 Å². The predicted octanol–water partition coefficient (Wildman–Crippen LogP) is 5.43. The Bertz CT molecular complexity index is 1230. The van der Waals surface area contributed by atoms with Crippen LogP contribution in [0, 0.1) is 10.1 Å². The second kappa shape index (κ2) is 12.0. The van der Waals surface area contributed by atoms with Gasteiger partial charge in [-0.05, 0) is 37.5 Å². The first-order valence-corrected chi connectivity index (χ1v) is 11.7. The number of rotatable bonds is 9. The van der Waals surface area contributed by atoms with Crippen molar-refractivity contribution < 1.29 is 24.0 Å². The number of non-ortho nitro benzene ring substituents is 1. The van der Waals surface area contributed by atoms with Gasteiger partial charge in [-0.2, -0.15) is 0 Å². The molecule has 2 aromatic carbocycles. The van der Waals surface area contributed by atoms with Crippen LogP contribution in [0.25, 0.3) is 6.08 Å². The van der Waals surface area contributed by atoms with Gasteiger partial charge in [-0.3, -0.25) is 10.1 Å². The number of dihydropyridines is 1. The Morgan fingerprint density at radius 3 is 2.33 bits per heavy atom. The largest absolute Gasteiger partial charge is 0.466 e. The minimum atomic E-state index is -0.897. The highest BCUT2D eigenvalue weighted by Crippen LogP contribution is 2.40. The van der Waals surface area contributed by atoms with Crippen molar-refractivity contribution in [2.24, 2.45) is 0 Å². The number of hydrogen-bond donors (Lipinski definition) is 1. The first kappa shape index (κ1) is 26.4. The number of allylic oxidation sites excluding steroid dienone is 2. The van der Waals surface area contributed by atoms with Crippen LogP contribution in [-0.4, -0.2) is 30.1 Å². The van der Waals surface area contributed by atoms with Gasteiger partial charge in [0.2, 0.25) is 0 Å². The van der Waals surface area contributed by atoms with Crippen LogP contribution < -0.4 is 5.32 Å². The molecule has 0 spiro atoms. The Morgan fingerprint density at radius 2 is 1.72 bits per heavy atom. The van der Waals surface area contributed by atoms with Crippen LogP contribution in [-0.2, 0) is 19.1 Å². The molecule has 1 N–H and O–H groups in total. The highest BCUT2D eigenvalue weighted by molar-refractivity contribution is 6.00. The van der Waals surface area contributed by atoms with Crippen LogP contribution >= 0.6 is 0 Å². The van der Waals surface area contributed by atoms with E-state index >= 15 is 0 Å². The molecule has 2 unspecified atom stereocenters. The summed E-state index contributed by atoms with van der Waals surface area (Å²) in [5, 5.41) is 14.5. The van der Waals surface area contributed by atoms with Gasteiger partial charge in [-0.25, -0.2) is 9.59 Å². The number of benzene rings is 2. The van der Waals surface area contributed by atoms with E-state index in [2.05, 4.69) is 5.32 Å². The SMILES string of the molecule is CCCC(/C=C/c1ccccc1)OC(=O)C1=C(C)NC(C)=C(C(=O)OC)C1c1cccc([N+](=O)[O-])c1. The molecule has 0 bridgehead atoms. The van der Waals surface area contributed by atoms with Crippen molar-refractivity contribution in [2.45, 2.75) is 45.6 Å². The van der Waals surface area contributed by atoms with Crippen molar-refractivity contribution in [3.05, 3.63) is 104 Å². The molecule has 3 rings (SSSR count). The van der Waals surface area contributed by atoms with E-state index in [9.17, 15) is 19.7 Å². The normalized spacial score (nSPS) is 16.5. The Hall–Kier alpha value is -4.20. The Morgan fingerprint density at radius 1 is 1.06 bits per heavy atom. The number of nitro groups is 1. The molecular weight excluding hydrogens is 460 g/mol. The van der Waals surface area contributed by atoms with Gasteiger partial charge in [0.05, 0.1) is 29.1 Å². The molecule has 0 aliphatic carbocycles.